The van der Waals surface area contributed by atoms with Crippen molar-refractivity contribution in [2.45, 2.75) is 76.3 Å². The van der Waals surface area contributed by atoms with Crippen LogP contribution in [0.5, 0.6) is 0 Å². The van der Waals surface area contributed by atoms with Crippen molar-refractivity contribution in [2.75, 3.05) is 26.2 Å². The van der Waals surface area contributed by atoms with Crippen molar-refractivity contribution in [3.05, 3.63) is 0 Å². The van der Waals surface area contributed by atoms with E-state index >= 15 is 0 Å². The minimum absolute atomic E-state index is 0.113. The molecule has 0 aromatic rings. The molecule has 0 bridgehead atoms. The molecule has 1 atom stereocenters. The van der Waals surface area contributed by atoms with Crippen LogP contribution in [0, 0.1) is 11.8 Å². The number of rotatable bonds is 5. The maximum atomic E-state index is 12.5. The molecule has 0 unspecified atom stereocenters. The number of nitrogens with one attached hydrogen (secondary N) is 1. The maximum Gasteiger partial charge on any atom is 0.225 e. The monoisotopic (exact) mass is 347 g/mol. The van der Waals surface area contributed by atoms with Crippen LogP contribution < -0.4 is 5.32 Å². The van der Waals surface area contributed by atoms with Crippen molar-refractivity contribution in [3.63, 3.8) is 0 Å². The lowest BCUT2D eigenvalue weighted by Gasteiger charge is -2.35. The van der Waals surface area contributed by atoms with Crippen molar-refractivity contribution >= 4 is 11.8 Å². The summed E-state index contributed by atoms with van der Waals surface area (Å²) < 4.78 is 0. The summed E-state index contributed by atoms with van der Waals surface area (Å²) in [6.07, 6.45) is 11.9. The van der Waals surface area contributed by atoms with E-state index in [4.69, 9.17) is 0 Å². The Hall–Kier alpha value is -1.10. The van der Waals surface area contributed by atoms with E-state index < -0.39 is 0 Å². The van der Waals surface area contributed by atoms with Gasteiger partial charge in [0, 0.05) is 44.7 Å². The first-order chi connectivity index (χ1) is 12.2. The molecule has 2 aliphatic carbocycles. The van der Waals surface area contributed by atoms with Gasteiger partial charge in [-0.2, -0.15) is 0 Å². The zero-order valence-corrected chi connectivity index (χ0v) is 15.4. The molecule has 4 rings (SSSR count). The van der Waals surface area contributed by atoms with Gasteiger partial charge in [0.15, 0.2) is 0 Å². The van der Waals surface area contributed by atoms with E-state index in [2.05, 4.69) is 10.2 Å². The molecular weight excluding hydrogens is 314 g/mol. The third kappa shape index (κ3) is 4.36. The molecule has 4 fully saturated rings. The molecule has 25 heavy (non-hydrogen) atoms. The van der Waals surface area contributed by atoms with E-state index in [9.17, 15) is 9.59 Å². The Labute approximate surface area is 151 Å². The predicted octanol–water partition coefficient (Wildman–Crippen LogP) is 2.16. The summed E-state index contributed by atoms with van der Waals surface area (Å²) in [6, 6.07) is 0.744. The smallest absolute Gasteiger partial charge is 0.225 e. The molecular formula is C20H33N3O2. The first kappa shape index (κ1) is 17.3. The van der Waals surface area contributed by atoms with E-state index in [1.54, 1.807) is 0 Å². The fourth-order valence-electron chi connectivity index (χ4n) is 4.96. The van der Waals surface area contributed by atoms with Gasteiger partial charge in [0.2, 0.25) is 11.8 Å². The van der Waals surface area contributed by atoms with Crippen LogP contribution in [0.4, 0.5) is 0 Å². The molecule has 2 heterocycles. The van der Waals surface area contributed by atoms with Gasteiger partial charge in [0.1, 0.15) is 0 Å². The second-order valence-electron chi connectivity index (χ2n) is 8.77. The van der Waals surface area contributed by atoms with Crippen molar-refractivity contribution in [3.8, 4) is 0 Å². The highest BCUT2D eigenvalue weighted by Crippen LogP contribution is 2.32. The van der Waals surface area contributed by atoms with E-state index in [1.807, 2.05) is 4.90 Å². The standard InChI is InChI=1S/C20H33N3O2/c24-19-12-16(14-23(19)18-6-7-18)20(25)21-17-8-10-22(11-9-17)13-15-4-2-1-3-5-15/h15-18H,1-14H2,(H,21,25)/t16-/m1/s1. The minimum atomic E-state index is -0.117. The van der Waals surface area contributed by atoms with Crippen molar-refractivity contribution < 1.29 is 9.59 Å². The number of piperidine rings is 1. The average Bonchev–Trinajstić information content (AvgIpc) is 3.39. The number of carbonyl (C=O) groups excluding carboxylic acids is 2. The quantitative estimate of drug-likeness (QED) is 0.829. The SMILES string of the molecule is O=C(NC1CCN(CC2CCCCC2)CC1)[C@@H]1CC(=O)N(C2CC2)C1. The maximum absolute atomic E-state index is 12.5. The van der Waals surface area contributed by atoms with E-state index in [1.165, 1.54) is 38.6 Å². The number of likely N-dealkylation sites (tertiary alicyclic amines) is 2. The number of amides is 2. The molecule has 5 nitrogen and oxygen atoms in total. The number of hydrogen-bond acceptors (Lipinski definition) is 3. The van der Waals surface area contributed by atoms with Crippen LogP contribution >= 0.6 is 0 Å². The van der Waals surface area contributed by atoms with Crippen LogP contribution in [0.1, 0.15) is 64.2 Å². The summed E-state index contributed by atoms with van der Waals surface area (Å²) in [6.45, 7) is 4.13. The Balaban J connectivity index is 1.18. The predicted molar refractivity (Wildman–Crippen MR) is 97.0 cm³/mol. The Morgan fingerprint density at radius 1 is 1.00 bits per heavy atom. The summed E-state index contributed by atoms with van der Waals surface area (Å²) in [4.78, 5) is 29.1. The van der Waals surface area contributed by atoms with Gasteiger partial charge >= 0.3 is 0 Å². The highest BCUT2D eigenvalue weighted by Gasteiger charge is 2.42. The van der Waals surface area contributed by atoms with Crippen LogP contribution in [0.15, 0.2) is 0 Å². The topological polar surface area (TPSA) is 52.7 Å². The number of nitrogens with zero attached hydrogens (tertiary/aromatic N) is 2. The van der Waals surface area contributed by atoms with Crippen LogP contribution in [-0.4, -0.2) is 59.9 Å². The molecule has 2 saturated carbocycles. The zero-order chi connectivity index (χ0) is 17.2. The van der Waals surface area contributed by atoms with Gasteiger partial charge in [0.05, 0.1) is 5.92 Å². The fourth-order valence-corrected chi connectivity index (χ4v) is 4.96. The van der Waals surface area contributed by atoms with Crippen molar-refractivity contribution in [1.29, 1.82) is 0 Å². The molecule has 0 aromatic carbocycles. The first-order valence-corrected chi connectivity index (χ1v) is 10.5. The van der Waals surface area contributed by atoms with Gasteiger partial charge in [0.25, 0.3) is 0 Å². The summed E-state index contributed by atoms with van der Waals surface area (Å²) >= 11 is 0. The van der Waals surface area contributed by atoms with Crippen molar-refractivity contribution in [2.24, 2.45) is 11.8 Å². The van der Waals surface area contributed by atoms with Crippen LogP contribution in [0.3, 0.4) is 0 Å². The van der Waals surface area contributed by atoms with E-state index in [-0.39, 0.29) is 17.7 Å². The van der Waals surface area contributed by atoms with E-state index in [0.29, 0.717) is 25.0 Å². The molecule has 2 amide bonds. The third-order valence-electron chi connectivity index (χ3n) is 6.69. The third-order valence-corrected chi connectivity index (χ3v) is 6.69. The Bertz CT molecular complexity index is 491. The lowest BCUT2D eigenvalue weighted by Crippen LogP contribution is -2.47. The summed E-state index contributed by atoms with van der Waals surface area (Å²) in [7, 11) is 0. The van der Waals surface area contributed by atoms with Gasteiger partial charge in [-0.15, -0.1) is 0 Å². The van der Waals surface area contributed by atoms with Gasteiger partial charge in [-0.1, -0.05) is 19.3 Å². The van der Waals surface area contributed by atoms with E-state index in [0.717, 1.165) is 44.7 Å². The highest BCUT2D eigenvalue weighted by atomic mass is 16.2. The molecule has 0 spiro atoms. The molecule has 2 saturated heterocycles. The number of carbonyl (C=O) groups is 2. The Morgan fingerprint density at radius 3 is 2.40 bits per heavy atom. The lowest BCUT2D eigenvalue weighted by molar-refractivity contribution is -0.129. The lowest BCUT2D eigenvalue weighted by atomic mass is 9.88. The molecule has 5 heteroatoms. The second kappa shape index (κ2) is 7.65. The van der Waals surface area contributed by atoms with Gasteiger partial charge in [-0.05, 0) is 44.4 Å². The molecule has 2 aliphatic heterocycles. The number of hydrogen-bond donors (Lipinski definition) is 1. The Kier molecular flexibility index (Phi) is 5.30. The summed E-state index contributed by atoms with van der Waals surface area (Å²) in [5.74, 6) is 1.08. The summed E-state index contributed by atoms with van der Waals surface area (Å²) in [5.41, 5.74) is 0. The molecule has 4 aliphatic rings. The largest absolute Gasteiger partial charge is 0.353 e. The van der Waals surface area contributed by atoms with Crippen LogP contribution in [0.2, 0.25) is 0 Å². The zero-order valence-electron chi connectivity index (χ0n) is 15.4. The minimum Gasteiger partial charge on any atom is -0.353 e. The highest BCUT2D eigenvalue weighted by molar-refractivity contribution is 5.89. The van der Waals surface area contributed by atoms with Crippen LogP contribution in [-0.2, 0) is 9.59 Å². The van der Waals surface area contributed by atoms with Gasteiger partial charge < -0.3 is 15.1 Å². The van der Waals surface area contributed by atoms with Crippen molar-refractivity contribution in [1.82, 2.24) is 15.1 Å². The molecule has 1 N–H and O–H groups in total. The Morgan fingerprint density at radius 2 is 1.72 bits per heavy atom. The first-order valence-electron chi connectivity index (χ1n) is 10.5. The summed E-state index contributed by atoms with van der Waals surface area (Å²) in [5, 5.41) is 3.24. The normalized spacial score (nSPS) is 30.0. The average molecular weight is 348 g/mol. The van der Waals surface area contributed by atoms with Crippen LogP contribution in [0.25, 0.3) is 0 Å². The molecule has 140 valence electrons. The molecule has 0 radical (unpaired) electrons. The fraction of sp³-hybridized carbons (Fsp3) is 0.900. The van der Waals surface area contributed by atoms with Gasteiger partial charge in [-0.3, -0.25) is 9.59 Å². The molecule has 0 aromatic heterocycles. The second-order valence-corrected chi connectivity index (χ2v) is 8.77. The van der Waals surface area contributed by atoms with Gasteiger partial charge in [-0.25, -0.2) is 0 Å².